The van der Waals surface area contributed by atoms with Gasteiger partial charge in [0.1, 0.15) is 0 Å². The van der Waals surface area contributed by atoms with Gasteiger partial charge in [-0.2, -0.15) is 0 Å². The van der Waals surface area contributed by atoms with Crippen LogP contribution in [0, 0.1) is 0 Å². The lowest BCUT2D eigenvalue weighted by Crippen LogP contribution is -2.53. The molecule has 1 atom stereocenters. The Morgan fingerprint density at radius 1 is 1.21 bits per heavy atom. The number of aliphatic hydroxyl groups is 1. The molecule has 1 aromatic carbocycles. The van der Waals surface area contributed by atoms with E-state index in [1.165, 1.54) is 12.1 Å². The largest absolute Gasteiger partial charge is 0.395 e. The quantitative estimate of drug-likeness (QED) is 0.823. The number of carbonyl (C=O) groups excluding carboxylic acids is 1. The molecule has 0 bridgehead atoms. The summed E-state index contributed by atoms with van der Waals surface area (Å²) in [5, 5.41) is 12.1. The van der Waals surface area contributed by atoms with Gasteiger partial charge in [-0.1, -0.05) is 6.92 Å². The Bertz CT molecular complexity index is 648. The van der Waals surface area contributed by atoms with Gasteiger partial charge in [0.25, 0.3) is 0 Å². The number of benzene rings is 1. The number of aliphatic hydroxyl groups excluding tert-OH is 1. The van der Waals surface area contributed by atoms with Crippen molar-refractivity contribution < 1.29 is 18.3 Å². The summed E-state index contributed by atoms with van der Waals surface area (Å²) in [6.07, 6.45) is 2.03. The fourth-order valence-corrected chi connectivity index (χ4v) is 3.41. The van der Waals surface area contributed by atoms with E-state index in [1.807, 2.05) is 6.92 Å². The zero-order valence-corrected chi connectivity index (χ0v) is 14.9. The number of nitrogens with one attached hydrogen (secondary N) is 1. The van der Waals surface area contributed by atoms with Crippen LogP contribution in [0.3, 0.4) is 0 Å². The highest BCUT2D eigenvalue weighted by atomic mass is 32.2. The van der Waals surface area contributed by atoms with Gasteiger partial charge in [0, 0.05) is 44.2 Å². The van der Waals surface area contributed by atoms with Crippen molar-refractivity contribution in [3.05, 3.63) is 24.3 Å². The number of sulfone groups is 1. The molecule has 0 radical (unpaired) electrons. The van der Waals surface area contributed by atoms with Crippen molar-refractivity contribution in [1.29, 1.82) is 0 Å². The van der Waals surface area contributed by atoms with Crippen LogP contribution < -0.4 is 5.32 Å². The Morgan fingerprint density at radius 2 is 1.79 bits per heavy atom. The van der Waals surface area contributed by atoms with E-state index < -0.39 is 9.84 Å². The Kier molecular flexibility index (Phi) is 6.20. The van der Waals surface area contributed by atoms with Crippen LogP contribution in [0.4, 0.5) is 10.5 Å². The van der Waals surface area contributed by atoms with Crippen LogP contribution in [-0.2, 0) is 9.84 Å². The van der Waals surface area contributed by atoms with Gasteiger partial charge in [-0.05, 0) is 30.7 Å². The number of anilines is 1. The first kappa shape index (κ1) is 18.7. The highest BCUT2D eigenvalue weighted by Gasteiger charge is 2.24. The summed E-state index contributed by atoms with van der Waals surface area (Å²) >= 11 is 0. The van der Waals surface area contributed by atoms with Gasteiger partial charge in [-0.15, -0.1) is 0 Å². The third-order valence-corrected chi connectivity index (χ3v) is 5.46. The summed E-state index contributed by atoms with van der Waals surface area (Å²) in [5.41, 5.74) is 0.566. The lowest BCUT2D eigenvalue weighted by atomic mass is 10.2. The minimum Gasteiger partial charge on any atom is -0.395 e. The summed E-state index contributed by atoms with van der Waals surface area (Å²) in [4.78, 5) is 16.4. The second-order valence-electron chi connectivity index (χ2n) is 5.99. The molecule has 0 spiro atoms. The number of amides is 2. The minimum atomic E-state index is -3.24. The second kappa shape index (κ2) is 7.96. The molecular weight excluding hydrogens is 330 g/mol. The van der Waals surface area contributed by atoms with Gasteiger partial charge in [-0.25, -0.2) is 13.2 Å². The van der Waals surface area contributed by atoms with Crippen LogP contribution in [-0.4, -0.2) is 74.4 Å². The number of hydrogen-bond acceptors (Lipinski definition) is 5. The van der Waals surface area contributed by atoms with Crippen molar-refractivity contribution >= 4 is 21.6 Å². The van der Waals surface area contributed by atoms with Crippen molar-refractivity contribution in [1.82, 2.24) is 9.80 Å². The van der Waals surface area contributed by atoms with E-state index in [9.17, 15) is 18.3 Å². The Balaban J connectivity index is 1.90. The SMILES string of the molecule is CCC(CO)N1CCN(C(=O)Nc2ccc(S(C)(=O)=O)cc2)CC1. The summed E-state index contributed by atoms with van der Waals surface area (Å²) in [6.45, 7) is 4.85. The molecule has 2 N–H and O–H groups in total. The summed E-state index contributed by atoms with van der Waals surface area (Å²) in [5.74, 6) is 0. The number of carbonyl (C=O) groups is 1. The first-order valence-electron chi connectivity index (χ1n) is 8.06. The molecule has 1 aromatic rings. The number of urea groups is 1. The molecule has 134 valence electrons. The zero-order valence-electron chi connectivity index (χ0n) is 14.1. The molecule has 7 nitrogen and oxygen atoms in total. The topological polar surface area (TPSA) is 89.9 Å². The van der Waals surface area contributed by atoms with Gasteiger partial charge in [0.15, 0.2) is 9.84 Å². The first-order valence-corrected chi connectivity index (χ1v) is 9.95. The number of piperazine rings is 1. The van der Waals surface area contributed by atoms with Gasteiger partial charge in [-0.3, -0.25) is 4.90 Å². The monoisotopic (exact) mass is 355 g/mol. The smallest absolute Gasteiger partial charge is 0.321 e. The first-order chi connectivity index (χ1) is 11.3. The van der Waals surface area contributed by atoms with Crippen molar-refractivity contribution in [3.8, 4) is 0 Å². The highest BCUT2D eigenvalue weighted by molar-refractivity contribution is 7.90. The van der Waals surface area contributed by atoms with E-state index in [4.69, 9.17) is 0 Å². The Labute approximate surface area is 143 Å². The normalized spacial score (nSPS) is 17.5. The number of hydrogen-bond donors (Lipinski definition) is 2. The molecule has 8 heteroatoms. The molecule has 2 amide bonds. The molecule has 24 heavy (non-hydrogen) atoms. The van der Waals surface area contributed by atoms with Gasteiger partial charge < -0.3 is 15.3 Å². The Morgan fingerprint density at radius 3 is 2.25 bits per heavy atom. The average molecular weight is 355 g/mol. The van der Waals surface area contributed by atoms with E-state index in [2.05, 4.69) is 10.2 Å². The predicted octanol–water partition coefficient (Wildman–Crippen LogP) is 1.01. The van der Waals surface area contributed by atoms with Crippen molar-refractivity contribution in [2.45, 2.75) is 24.3 Å². The molecule has 1 aliphatic heterocycles. The maximum absolute atomic E-state index is 12.3. The van der Waals surface area contributed by atoms with Crippen LogP contribution in [0.5, 0.6) is 0 Å². The average Bonchev–Trinajstić information content (AvgIpc) is 2.56. The molecular formula is C16H25N3O4S. The van der Waals surface area contributed by atoms with Crippen LogP contribution in [0.2, 0.25) is 0 Å². The third-order valence-electron chi connectivity index (χ3n) is 4.33. The molecule has 1 unspecified atom stereocenters. The van der Waals surface area contributed by atoms with Crippen LogP contribution >= 0.6 is 0 Å². The summed E-state index contributed by atoms with van der Waals surface area (Å²) in [7, 11) is -3.24. The van der Waals surface area contributed by atoms with Crippen LogP contribution in [0.1, 0.15) is 13.3 Å². The Hall–Kier alpha value is -1.64. The van der Waals surface area contributed by atoms with Crippen LogP contribution in [0.25, 0.3) is 0 Å². The van der Waals surface area contributed by atoms with E-state index in [1.54, 1.807) is 17.0 Å². The fraction of sp³-hybridized carbons (Fsp3) is 0.562. The summed E-state index contributed by atoms with van der Waals surface area (Å²) < 4.78 is 22.9. The van der Waals surface area contributed by atoms with E-state index in [0.29, 0.717) is 18.8 Å². The van der Waals surface area contributed by atoms with Crippen molar-refractivity contribution in [2.24, 2.45) is 0 Å². The van der Waals surface area contributed by atoms with E-state index in [0.717, 1.165) is 25.8 Å². The molecule has 1 fully saturated rings. The molecule has 0 aromatic heterocycles. The third kappa shape index (κ3) is 4.68. The molecule has 1 aliphatic rings. The number of nitrogens with zero attached hydrogens (tertiary/aromatic N) is 2. The maximum atomic E-state index is 12.3. The minimum absolute atomic E-state index is 0.134. The van der Waals surface area contributed by atoms with E-state index >= 15 is 0 Å². The number of rotatable bonds is 5. The molecule has 1 saturated heterocycles. The zero-order chi connectivity index (χ0) is 17.7. The highest BCUT2D eigenvalue weighted by Crippen LogP contribution is 2.15. The molecule has 2 rings (SSSR count). The lowest BCUT2D eigenvalue weighted by molar-refractivity contribution is 0.0766. The lowest BCUT2D eigenvalue weighted by Gasteiger charge is -2.38. The predicted molar refractivity (Wildman–Crippen MR) is 92.9 cm³/mol. The standard InChI is InChI=1S/C16H25N3O4S/c1-3-14(12-20)18-8-10-19(11-9-18)16(21)17-13-4-6-15(7-5-13)24(2,22)23/h4-7,14,20H,3,8-12H2,1-2H3,(H,17,21). The molecule has 0 aliphatic carbocycles. The van der Waals surface area contributed by atoms with Crippen molar-refractivity contribution in [3.63, 3.8) is 0 Å². The van der Waals surface area contributed by atoms with E-state index in [-0.39, 0.29) is 23.6 Å². The second-order valence-corrected chi connectivity index (χ2v) is 8.01. The van der Waals surface area contributed by atoms with Crippen molar-refractivity contribution in [2.75, 3.05) is 44.4 Å². The summed E-state index contributed by atoms with van der Waals surface area (Å²) in [6, 6.07) is 6.09. The van der Waals surface area contributed by atoms with Gasteiger partial charge in [0.2, 0.25) is 0 Å². The molecule has 0 saturated carbocycles. The van der Waals surface area contributed by atoms with Gasteiger partial charge in [0.05, 0.1) is 11.5 Å². The van der Waals surface area contributed by atoms with Gasteiger partial charge >= 0.3 is 6.03 Å². The molecule has 1 heterocycles. The maximum Gasteiger partial charge on any atom is 0.321 e. The van der Waals surface area contributed by atoms with Crippen LogP contribution in [0.15, 0.2) is 29.2 Å². The fourth-order valence-electron chi connectivity index (χ4n) is 2.78.